The molecule has 1 heterocycles. The molecule has 1 aromatic heterocycles. The number of benzene rings is 1. The minimum Gasteiger partial charge on any atom is -0.363 e. The van der Waals surface area contributed by atoms with Crippen LogP contribution in [0.25, 0.3) is 10.9 Å². The minimum atomic E-state index is 0. The first-order valence-corrected chi connectivity index (χ1v) is 8.18. The van der Waals surface area contributed by atoms with E-state index in [0.717, 1.165) is 36.3 Å². The SMILES string of the molecule is CN=C(NCc1cc(N(C)C)nc2ccccc12)NCC1CC1.I. The molecule has 0 aliphatic heterocycles. The second kappa shape index (κ2) is 8.50. The van der Waals surface area contributed by atoms with Gasteiger partial charge in [-0.15, -0.1) is 24.0 Å². The van der Waals surface area contributed by atoms with Gasteiger partial charge in [0.05, 0.1) is 5.52 Å². The molecular formula is C18H26IN5. The topological polar surface area (TPSA) is 52.6 Å². The van der Waals surface area contributed by atoms with Gasteiger partial charge in [0, 0.05) is 39.6 Å². The molecule has 6 heteroatoms. The molecule has 0 unspecified atom stereocenters. The summed E-state index contributed by atoms with van der Waals surface area (Å²) in [5.41, 5.74) is 2.25. The number of halogens is 1. The Hall–Kier alpha value is -1.57. The Kier molecular flexibility index (Phi) is 6.65. The smallest absolute Gasteiger partial charge is 0.191 e. The zero-order chi connectivity index (χ0) is 16.2. The van der Waals surface area contributed by atoms with Gasteiger partial charge in [-0.2, -0.15) is 0 Å². The first-order valence-electron chi connectivity index (χ1n) is 8.18. The van der Waals surface area contributed by atoms with Gasteiger partial charge in [0.25, 0.3) is 0 Å². The molecule has 0 amide bonds. The number of rotatable bonds is 5. The molecule has 2 N–H and O–H groups in total. The molecule has 130 valence electrons. The number of guanidine groups is 1. The lowest BCUT2D eigenvalue weighted by atomic mass is 10.1. The van der Waals surface area contributed by atoms with Crippen LogP contribution in [0.15, 0.2) is 35.3 Å². The zero-order valence-corrected chi connectivity index (χ0v) is 16.9. The Morgan fingerprint density at radius 3 is 2.67 bits per heavy atom. The molecule has 0 spiro atoms. The summed E-state index contributed by atoms with van der Waals surface area (Å²) in [4.78, 5) is 11.0. The van der Waals surface area contributed by atoms with Crippen molar-refractivity contribution in [3.05, 3.63) is 35.9 Å². The van der Waals surface area contributed by atoms with E-state index in [0.29, 0.717) is 0 Å². The van der Waals surface area contributed by atoms with Crippen molar-refractivity contribution in [1.29, 1.82) is 0 Å². The number of hydrogen-bond acceptors (Lipinski definition) is 3. The number of pyridine rings is 1. The number of fused-ring (bicyclic) bond motifs is 1. The Labute approximate surface area is 161 Å². The first-order chi connectivity index (χ1) is 11.2. The third-order valence-corrected chi connectivity index (χ3v) is 4.17. The van der Waals surface area contributed by atoms with Gasteiger partial charge in [-0.3, -0.25) is 4.99 Å². The van der Waals surface area contributed by atoms with Gasteiger partial charge in [0.1, 0.15) is 5.82 Å². The van der Waals surface area contributed by atoms with Crippen LogP contribution in [0.5, 0.6) is 0 Å². The Morgan fingerprint density at radius 1 is 1.25 bits per heavy atom. The van der Waals surface area contributed by atoms with Crippen LogP contribution in [0.2, 0.25) is 0 Å². The molecule has 1 aliphatic rings. The van der Waals surface area contributed by atoms with Crippen LogP contribution in [0.3, 0.4) is 0 Å². The fourth-order valence-electron chi connectivity index (χ4n) is 2.57. The van der Waals surface area contributed by atoms with Crippen molar-refractivity contribution in [2.75, 3.05) is 32.6 Å². The number of aliphatic imine (C=N–C) groups is 1. The highest BCUT2D eigenvalue weighted by molar-refractivity contribution is 14.0. The van der Waals surface area contributed by atoms with Crippen LogP contribution in [0.4, 0.5) is 5.82 Å². The maximum atomic E-state index is 4.70. The van der Waals surface area contributed by atoms with E-state index in [4.69, 9.17) is 4.98 Å². The van der Waals surface area contributed by atoms with Gasteiger partial charge in [0.15, 0.2) is 5.96 Å². The zero-order valence-electron chi connectivity index (χ0n) is 14.5. The summed E-state index contributed by atoms with van der Waals surface area (Å²) < 4.78 is 0. The van der Waals surface area contributed by atoms with Crippen LogP contribution in [0.1, 0.15) is 18.4 Å². The number of nitrogens with one attached hydrogen (secondary N) is 2. The van der Waals surface area contributed by atoms with Gasteiger partial charge in [-0.05, 0) is 36.5 Å². The lowest BCUT2D eigenvalue weighted by molar-refractivity contribution is 0.738. The fraction of sp³-hybridized carbons (Fsp3) is 0.444. The maximum absolute atomic E-state index is 4.70. The minimum absolute atomic E-state index is 0. The summed E-state index contributed by atoms with van der Waals surface area (Å²) in [6.07, 6.45) is 2.68. The van der Waals surface area contributed by atoms with Crippen molar-refractivity contribution in [2.45, 2.75) is 19.4 Å². The molecule has 0 atom stereocenters. The predicted octanol–water partition coefficient (Wildman–Crippen LogP) is 2.99. The van der Waals surface area contributed by atoms with E-state index in [1.165, 1.54) is 23.8 Å². The molecule has 1 fully saturated rings. The maximum Gasteiger partial charge on any atom is 0.191 e. The summed E-state index contributed by atoms with van der Waals surface area (Å²) in [5.74, 6) is 2.67. The Morgan fingerprint density at radius 2 is 2.00 bits per heavy atom. The summed E-state index contributed by atoms with van der Waals surface area (Å²) in [5, 5.41) is 8.00. The lowest BCUT2D eigenvalue weighted by Gasteiger charge is -2.16. The monoisotopic (exact) mass is 439 g/mol. The number of aromatic nitrogens is 1. The van der Waals surface area contributed by atoms with Crippen molar-refractivity contribution >= 4 is 46.7 Å². The summed E-state index contributed by atoms with van der Waals surface area (Å²) in [6, 6.07) is 10.4. The second-order valence-electron chi connectivity index (χ2n) is 6.30. The molecule has 0 bridgehead atoms. The quantitative estimate of drug-likeness (QED) is 0.428. The average Bonchev–Trinajstić information content (AvgIpc) is 3.38. The Bertz CT molecular complexity index is 710. The molecule has 1 saturated carbocycles. The number of anilines is 1. The van der Waals surface area contributed by atoms with Crippen LogP contribution in [-0.4, -0.2) is 38.6 Å². The van der Waals surface area contributed by atoms with Crippen LogP contribution < -0.4 is 15.5 Å². The van der Waals surface area contributed by atoms with Crippen molar-refractivity contribution in [3.8, 4) is 0 Å². The van der Waals surface area contributed by atoms with E-state index >= 15 is 0 Å². The van der Waals surface area contributed by atoms with Crippen molar-refractivity contribution < 1.29 is 0 Å². The molecule has 24 heavy (non-hydrogen) atoms. The normalized spacial score (nSPS) is 14.2. The summed E-state index contributed by atoms with van der Waals surface area (Å²) in [7, 11) is 5.85. The average molecular weight is 439 g/mol. The van der Waals surface area contributed by atoms with E-state index in [9.17, 15) is 0 Å². The van der Waals surface area contributed by atoms with E-state index in [1.807, 2.05) is 32.1 Å². The third-order valence-electron chi connectivity index (χ3n) is 4.17. The van der Waals surface area contributed by atoms with Crippen LogP contribution >= 0.6 is 24.0 Å². The summed E-state index contributed by atoms with van der Waals surface area (Å²) in [6.45, 7) is 1.74. The number of nitrogens with zero attached hydrogens (tertiary/aromatic N) is 3. The lowest BCUT2D eigenvalue weighted by Crippen LogP contribution is -2.37. The summed E-state index contributed by atoms with van der Waals surface area (Å²) >= 11 is 0. The molecule has 3 rings (SSSR count). The molecule has 5 nitrogen and oxygen atoms in total. The Balaban J connectivity index is 0.00000208. The van der Waals surface area contributed by atoms with Gasteiger partial charge >= 0.3 is 0 Å². The highest BCUT2D eigenvalue weighted by Crippen LogP contribution is 2.27. The van der Waals surface area contributed by atoms with Crippen LogP contribution in [-0.2, 0) is 6.54 Å². The molecule has 2 aromatic rings. The van der Waals surface area contributed by atoms with Crippen molar-refractivity contribution in [1.82, 2.24) is 15.6 Å². The molecule has 0 radical (unpaired) electrons. The number of hydrogen-bond donors (Lipinski definition) is 2. The predicted molar refractivity (Wildman–Crippen MR) is 112 cm³/mol. The molecule has 0 saturated heterocycles. The van der Waals surface area contributed by atoms with E-state index in [-0.39, 0.29) is 24.0 Å². The molecule has 1 aromatic carbocycles. The van der Waals surface area contributed by atoms with Gasteiger partial charge in [-0.25, -0.2) is 4.98 Å². The standard InChI is InChI=1S/C18H25N5.HI/c1-19-18(20-11-13-8-9-13)21-12-14-10-17(23(2)3)22-16-7-5-4-6-15(14)16;/h4-7,10,13H,8-9,11-12H2,1-3H3,(H2,19,20,21);1H. The molecular weight excluding hydrogens is 413 g/mol. The van der Waals surface area contributed by atoms with Gasteiger partial charge < -0.3 is 15.5 Å². The first kappa shape index (κ1) is 18.8. The van der Waals surface area contributed by atoms with Crippen molar-refractivity contribution in [3.63, 3.8) is 0 Å². The van der Waals surface area contributed by atoms with Gasteiger partial charge in [0.2, 0.25) is 0 Å². The van der Waals surface area contributed by atoms with E-state index in [1.54, 1.807) is 0 Å². The van der Waals surface area contributed by atoms with Crippen molar-refractivity contribution in [2.24, 2.45) is 10.9 Å². The highest BCUT2D eigenvalue weighted by atomic mass is 127. The van der Waals surface area contributed by atoms with Gasteiger partial charge in [-0.1, -0.05) is 18.2 Å². The second-order valence-corrected chi connectivity index (χ2v) is 6.30. The third kappa shape index (κ3) is 4.72. The number of para-hydroxylation sites is 1. The molecule has 1 aliphatic carbocycles. The largest absolute Gasteiger partial charge is 0.363 e. The van der Waals surface area contributed by atoms with Crippen LogP contribution in [0, 0.1) is 5.92 Å². The van der Waals surface area contributed by atoms with E-state index < -0.39 is 0 Å². The fourth-order valence-corrected chi connectivity index (χ4v) is 2.57. The highest BCUT2D eigenvalue weighted by Gasteiger charge is 2.21. The van der Waals surface area contributed by atoms with E-state index in [2.05, 4.69) is 39.9 Å².